The number of alkyl halides is 3. The maximum atomic E-state index is 13.8. The van der Waals surface area contributed by atoms with Crippen molar-refractivity contribution in [3.8, 4) is 16.9 Å². The van der Waals surface area contributed by atoms with Gasteiger partial charge in [0.25, 0.3) is 5.91 Å². The third kappa shape index (κ3) is 10.9. The molecule has 0 unspecified atom stereocenters. The van der Waals surface area contributed by atoms with Crippen molar-refractivity contribution in [2.45, 2.75) is 31.5 Å². The quantitative estimate of drug-likeness (QED) is 0.170. The highest BCUT2D eigenvalue weighted by Gasteiger charge is 2.38. The summed E-state index contributed by atoms with van der Waals surface area (Å²) >= 11 is 1.32. The standard InChI is InChI=1S/C27H30F2N2O5S.C2HF3O2/c1-4-30(5-2)12-13-31(16-26(32)33)27(34)24-11-10-20(36-24)17-35-19-8-6-18(7-9-19)21-14-22(28)23(29)15-25(21)37-3;3-2(4,5)1(6)7/h6-11,14-15H,4-5,12-13,16-17H2,1-3H3,(H,32,33);(H,6,7). The molecule has 0 bridgehead atoms. The Labute approximate surface area is 254 Å². The van der Waals surface area contributed by atoms with Crippen LogP contribution in [-0.4, -0.2) is 83.0 Å². The molecular formula is C29H31F5N2O7S. The normalized spacial score (nSPS) is 11.1. The van der Waals surface area contributed by atoms with Gasteiger partial charge in [-0.1, -0.05) is 26.0 Å². The molecule has 0 saturated heterocycles. The molecule has 1 amide bonds. The monoisotopic (exact) mass is 646 g/mol. The fourth-order valence-corrected chi connectivity index (χ4v) is 4.37. The average Bonchev–Trinajstić information content (AvgIpc) is 3.46. The van der Waals surface area contributed by atoms with Crippen LogP contribution in [0.3, 0.4) is 0 Å². The molecule has 240 valence electrons. The maximum Gasteiger partial charge on any atom is 0.490 e. The largest absolute Gasteiger partial charge is 0.490 e. The van der Waals surface area contributed by atoms with E-state index in [4.69, 9.17) is 19.1 Å². The summed E-state index contributed by atoms with van der Waals surface area (Å²) in [5, 5.41) is 16.4. The van der Waals surface area contributed by atoms with Crippen LogP contribution in [0.4, 0.5) is 22.0 Å². The van der Waals surface area contributed by atoms with Gasteiger partial charge in [0.1, 0.15) is 24.7 Å². The lowest BCUT2D eigenvalue weighted by atomic mass is 10.1. The topological polar surface area (TPSA) is 121 Å². The predicted octanol–water partition coefficient (Wildman–Crippen LogP) is 6.03. The molecule has 0 radical (unpaired) electrons. The third-order valence-electron chi connectivity index (χ3n) is 6.10. The van der Waals surface area contributed by atoms with Crippen LogP contribution >= 0.6 is 11.8 Å². The Morgan fingerprint density at radius 2 is 1.52 bits per heavy atom. The van der Waals surface area contributed by atoms with Gasteiger partial charge in [0.05, 0.1) is 0 Å². The van der Waals surface area contributed by atoms with Crippen LogP contribution in [0.2, 0.25) is 0 Å². The van der Waals surface area contributed by atoms with Crippen LogP contribution < -0.4 is 4.74 Å². The van der Waals surface area contributed by atoms with Crippen molar-refractivity contribution in [3.63, 3.8) is 0 Å². The SMILES string of the molecule is CCN(CC)CCN(CC(=O)O)C(=O)c1ccc(COc2ccc(-c3cc(F)c(F)cc3SC)cc2)o1.O=C(O)C(F)(F)F. The third-order valence-corrected chi connectivity index (χ3v) is 6.88. The number of hydrogen-bond donors (Lipinski definition) is 2. The van der Waals surface area contributed by atoms with Crippen molar-refractivity contribution in [3.05, 3.63) is 71.7 Å². The number of halogens is 5. The number of carboxylic acid groups (broad SMARTS) is 2. The summed E-state index contributed by atoms with van der Waals surface area (Å²) in [6.07, 6.45) is -3.29. The fraction of sp³-hybridized carbons (Fsp3) is 0.345. The molecule has 0 aliphatic rings. The number of carboxylic acids is 2. The summed E-state index contributed by atoms with van der Waals surface area (Å²) in [6, 6.07) is 12.4. The van der Waals surface area contributed by atoms with Gasteiger partial charge in [0.15, 0.2) is 17.4 Å². The Kier molecular flexibility index (Phi) is 13.7. The molecule has 0 aliphatic heterocycles. The minimum atomic E-state index is -5.08. The van der Waals surface area contributed by atoms with E-state index < -0.39 is 42.2 Å². The van der Waals surface area contributed by atoms with Crippen molar-refractivity contribution in [1.29, 1.82) is 0 Å². The van der Waals surface area contributed by atoms with Gasteiger partial charge in [-0.25, -0.2) is 13.6 Å². The predicted molar refractivity (Wildman–Crippen MR) is 152 cm³/mol. The van der Waals surface area contributed by atoms with Crippen LogP contribution in [0.1, 0.15) is 30.2 Å². The molecule has 1 aromatic heterocycles. The van der Waals surface area contributed by atoms with Gasteiger partial charge in [-0.05, 0) is 66.9 Å². The number of amides is 1. The second kappa shape index (κ2) is 16.7. The highest BCUT2D eigenvalue weighted by Crippen LogP contribution is 2.33. The van der Waals surface area contributed by atoms with Crippen molar-refractivity contribution in [1.82, 2.24) is 9.80 Å². The lowest BCUT2D eigenvalue weighted by Gasteiger charge is -2.24. The Hall–Kier alpha value is -4.11. The number of likely N-dealkylation sites (N-methyl/N-ethyl adjacent to an activating group) is 1. The molecule has 2 N–H and O–H groups in total. The average molecular weight is 647 g/mol. The van der Waals surface area contributed by atoms with Crippen molar-refractivity contribution in [2.24, 2.45) is 0 Å². The van der Waals surface area contributed by atoms with Crippen molar-refractivity contribution in [2.75, 3.05) is 39.0 Å². The maximum absolute atomic E-state index is 13.8. The van der Waals surface area contributed by atoms with E-state index in [1.165, 1.54) is 34.9 Å². The molecule has 0 aliphatic carbocycles. The molecule has 0 fully saturated rings. The molecule has 2 aromatic carbocycles. The van der Waals surface area contributed by atoms with E-state index in [1.54, 1.807) is 36.6 Å². The number of benzene rings is 2. The molecule has 0 atom stereocenters. The first-order valence-electron chi connectivity index (χ1n) is 13.1. The summed E-state index contributed by atoms with van der Waals surface area (Å²) in [6.45, 7) is 6.06. The summed E-state index contributed by atoms with van der Waals surface area (Å²) in [7, 11) is 0. The zero-order chi connectivity index (χ0) is 33.0. The van der Waals surface area contributed by atoms with Crippen LogP contribution in [0.5, 0.6) is 5.75 Å². The van der Waals surface area contributed by atoms with E-state index >= 15 is 0 Å². The first-order valence-corrected chi connectivity index (χ1v) is 14.3. The molecule has 1 heterocycles. The smallest absolute Gasteiger partial charge is 0.486 e. The number of nitrogens with zero attached hydrogens (tertiary/aromatic N) is 2. The Morgan fingerprint density at radius 3 is 2.05 bits per heavy atom. The van der Waals surface area contributed by atoms with Crippen LogP contribution in [0.15, 0.2) is 57.8 Å². The van der Waals surface area contributed by atoms with Gasteiger partial charge >= 0.3 is 18.1 Å². The lowest BCUT2D eigenvalue weighted by molar-refractivity contribution is -0.192. The summed E-state index contributed by atoms with van der Waals surface area (Å²) in [5.74, 6) is -5.19. The number of thioether (sulfide) groups is 1. The second-order valence-corrected chi connectivity index (χ2v) is 9.84. The van der Waals surface area contributed by atoms with Gasteiger partial charge in [-0.15, -0.1) is 11.8 Å². The van der Waals surface area contributed by atoms with E-state index in [9.17, 15) is 36.6 Å². The number of carbonyl (C=O) groups excluding carboxylic acids is 1. The molecular weight excluding hydrogens is 615 g/mol. The van der Waals surface area contributed by atoms with Gasteiger partial charge in [0, 0.05) is 18.0 Å². The molecule has 3 rings (SSSR count). The Balaban J connectivity index is 0.000000860. The van der Waals surface area contributed by atoms with Gasteiger partial charge in [0.2, 0.25) is 0 Å². The van der Waals surface area contributed by atoms with E-state index in [0.29, 0.717) is 34.1 Å². The first-order chi connectivity index (χ1) is 20.7. The van der Waals surface area contributed by atoms with Gasteiger partial charge < -0.3 is 29.2 Å². The second-order valence-electron chi connectivity index (χ2n) is 9.00. The summed E-state index contributed by atoms with van der Waals surface area (Å²) in [5.41, 5.74) is 1.30. The number of ether oxygens (including phenoxy) is 1. The minimum absolute atomic E-state index is 0.0395. The zero-order valence-corrected chi connectivity index (χ0v) is 24.8. The van der Waals surface area contributed by atoms with E-state index in [0.717, 1.165) is 13.1 Å². The number of aliphatic carboxylic acids is 2. The fourth-order valence-electron chi connectivity index (χ4n) is 3.75. The highest BCUT2D eigenvalue weighted by atomic mass is 32.2. The van der Waals surface area contributed by atoms with Crippen LogP contribution in [-0.2, 0) is 16.2 Å². The summed E-state index contributed by atoms with van der Waals surface area (Å²) in [4.78, 5) is 37.0. The Morgan fingerprint density at radius 1 is 0.932 bits per heavy atom. The molecule has 9 nitrogen and oxygen atoms in total. The number of carbonyl (C=O) groups is 3. The van der Waals surface area contributed by atoms with Gasteiger partial charge in [-0.3, -0.25) is 9.59 Å². The Bertz CT molecular complexity index is 1410. The van der Waals surface area contributed by atoms with Crippen LogP contribution in [0, 0.1) is 11.6 Å². The zero-order valence-electron chi connectivity index (χ0n) is 24.0. The molecule has 44 heavy (non-hydrogen) atoms. The number of rotatable bonds is 13. The highest BCUT2D eigenvalue weighted by molar-refractivity contribution is 7.98. The first kappa shape index (κ1) is 36.1. The van der Waals surface area contributed by atoms with E-state index in [-0.39, 0.29) is 18.9 Å². The molecule has 0 spiro atoms. The van der Waals surface area contributed by atoms with Gasteiger partial charge in [-0.2, -0.15) is 13.2 Å². The summed E-state index contributed by atoms with van der Waals surface area (Å²) < 4.78 is 70.5. The van der Waals surface area contributed by atoms with Crippen molar-refractivity contribution >= 4 is 29.6 Å². The van der Waals surface area contributed by atoms with E-state index in [2.05, 4.69) is 4.90 Å². The van der Waals surface area contributed by atoms with E-state index in [1.807, 2.05) is 13.8 Å². The van der Waals surface area contributed by atoms with Crippen molar-refractivity contribution < 1.29 is 55.7 Å². The lowest BCUT2D eigenvalue weighted by Crippen LogP contribution is -2.41. The molecule has 0 saturated carbocycles. The van der Waals surface area contributed by atoms with Crippen LogP contribution in [0.25, 0.3) is 11.1 Å². The minimum Gasteiger partial charge on any atom is -0.486 e. The number of furan rings is 1. The number of hydrogen-bond acceptors (Lipinski definition) is 7. The molecule has 3 aromatic rings. The molecule has 15 heteroatoms.